The van der Waals surface area contributed by atoms with Crippen molar-refractivity contribution in [2.75, 3.05) is 19.6 Å². The van der Waals surface area contributed by atoms with Crippen LogP contribution in [-0.4, -0.2) is 30.6 Å². The molecule has 0 amide bonds. The summed E-state index contributed by atoms with van der Waals surface area (Å²) < 4.78 is 0. The summed E-state index contributed by atoms with van der Waals surface area (Å²) in [7, 11) is 0. The first-order valence-electron chi connectivity index (χ1n) is 6.95. The fourth-order valence-electron chi connectivity index (χ4n) is 2.90. The summed E-state index contributed by atoms with van der Waals surface area (Å²) >= 11 is 0. The van der Waals surface area contributed by atoms with Crippen molar-refractivity contribution in [3.63, 3.8) is 0 Å². The molecule has 1 aliphatic carbocycles. The van der Waals surface area contributed by atoms with Gasteiger partial charge in [-0.2, -0.15) is 0 Å². The molecule has 0 aromatic rings. The van der Waals surface area contributed by atoms with Gasteiger partial charge < -0.3 is 10.6 Å². The minimum absolute atomic E-state index is 0.477. The summed E-state index contributed by atoms with van der Waals surface area (Å²) in [5.41, 5.74) is 5.98. The van der Waals surface area contributed by atoms with Gasteiger partial charge in [0.05, 0.1) is 0 Å². The van der Waals surface area contributed by atoms with Gasteiger partial charge in [-0.15, -0.1) is 0 Å². The normalized spacial score (nSPS) is 26.2. The van der Waals surface area contributed by atoms with Crippen LogP contribution in [0.3, 0.4) is 0 Å². The molecule has 1 fully saturated rings. The van der Waals surface area contributed by atoms with E-state index in [1.165, 1.54) is 38.9 Å². The molecule has 1 rings (SSSR count). The zero-order valence-electron chi connectivity index (χ0n) is 11.6. The summed E-state index contributed by atoms with van der Waals surface area (Å²) in [6.07, 6.45) is 3.82. The predicted octanol–water partition coefficient (Wildman–Crippen LogP) is 2.73. The fourth-order valence-corrected chi connectivity index (χ4v) is 2.90. The Labute approximate surface area is 102 Å². The van der Waals surface area contributed by atoms with Gasteiger partial charge in [0.2, 0.25) is 0 Å². The van der Waals surface area contributed by atoms with Crippen molar-refractivity contribution in [1.29, 1.82) is 0 Å². The van der Waals surface area contributed by atoms with E-state index in [0.717, 1.165) is 17.8 Å². The van der Waals surface area contributed by atoms with Crippen molar-refractivity contribution in [1.82, 2.24) is 4.90 Å². The number of hydrogen-bond donors (Lipinski definition) is 1. The summed E-state index contributed by atoms with van der Waals surface area (Å²) in [4.78, 5) is 2.65. The van der Waals surface area contributed by atoms with E-state index >= 15 is 0 Å². The second kappa shape index (κ2) is 6.61. The number of hydrogen-bond acceptors (Lipinski definition) is 2. The molecule has 1 aliphatic rings. The maximum Gasteiger partial charge on any atom is 0.00420 e. The van der Waals surface area contributed by atoms with Crippen molar-refractivity contribution in [3.8, 4) is 0 Å². The van der Waals surface area contributed by atoms with Crippen molar-refractivity contribution in [2.45, 2.75) is 53.0 Å². The number of nitrogens with zero attached hydrogens (tertiary/aromatic N) is 1. The minimum atomic E-state index is 0.477. The van der Waals surface area contributed by atoms with Gasteiger partial charge >= 0.3 is 0 Å². The van der Waals surface area contributed by atoms with E-state index in [9.17, 15) is 0 Å². The highest BCUT2D eigenvalue weighted by Crippen LogP contribution is 2.25. The molecule has 2 N–H and O–H groups in total. The van der Waals surface area contributed by atoms with Crippen LogP contribution in [0.1, 0.15) is 47.0 Å². The molecule has 0 aromatic heterocycles. The molecule has 16 heavy (non-hydrogen) atoms. The molecule has 2 nitrogen and oxygen atoms in total. The molecule has 0 spiro atoms. The molecule has 2 unspecified atom stereocenters. The number of rotatable bonds is 6. The van der Waals surface area contributed by atoms with Crippen molar-refractivity contribution in [3.05, 3.63) is 0 Å². The standard InChI is InChI=1S/C14H30N2/c1-11(2)8-16(9-12(3)4)10-13-5-6-14(15)7-13/h11-14H,5-10,15H2,1-4H3. The third-order valence-corrected chi connectivity index (χ3v) is 3.34. The Morgan fingerprint density at radius 3 is 2.00 bits per heavy atom. The van der Waals surface area contributed by atoms with Crippen LogP contribution < -0.4 is 5.73 Å². The lowest BCUT2D eigenvalue weighted by Gasteiger charge is -2.28. The Morgan fingerprint density at radius 2 is 1.62 bits per heavy atom. The zero-order valence-corrected chi connectivity index (χ0v) is 11.6. The summed E-state index contributed by atoms with van der Waals surface area (Å²) in [6, 6.07) is 0.477. The monoisotopic (exact) mass is 226 g/mol. The highest BCUT2D eigenvalue weighted by atomic mass is 15.1. The van der Waals surface area contributed by atoms with Crippen LogP contribution >= 0.6 is 0 Å². The van der Waals surface area contributed by atoms with Crippen LogP contribution in [0.15, 0.2) is 0 Å². The van der Waals surface area contributed by atoms with Gasteiger partial charge in [0.15, 0.2) is 0 Å². The average Bonchev–Trinajstić information content (AvgIpc) is 2.48. The van der Waals surface area contributed by atoms with Gasteiger partial charge in [-0.3, -0.25) is 0 Å². The molecule has 0 bridgehead atoms. The quantitative estimate of drug-likeness (QED) is 0.754. The van der Waals surface area contributed by atoms with E-state index < -0.39 is 0 Å². The van der Waals surface area contributed by atoms with E-state index in [4.69, 9.17) is 5.73 Å². The fraction of sp³-hybridized carbons (Fsp3) is 1.00. The zero-order chi connectivity index (χ0) is 12.1. The molecule has 0 heterocycles. The van der Waals surface area contributed by atoms with Crippen LogP contribution in [0.5, 0.6) is 0 Å². The lowest BCUT2D eigenvalue weighted by molar-refractivity contribution is 0.188. The van der Waals surface area contributed by atoms with Crippen molar-refractivity contribution < 1.29 is 0 Å². The summed E-state index contributed by atoms with van der Waals surface area (Å²) in [6.45, 7) is 13.0. The van der Waals surface area contributed by atoms with Crippen LogP contribution in [0.4, 0.5) is 0 Å². The van der Waals surface area contributed by atoms with Crippen LogP contribution in [-0.2, 0) is 0 Å². The topological polar surface area (TPSA) is 29.3 Å². The highest BCUT2D eigenvalue weighted by molar-refractivity contribution is 4.80. The lowest BCUT2D eigenvalue weighted by Crippen LogP contribution is -2.35. The Balaban J connectivity index is 2.36. The summed E-state index contributed by atoms with van der Waals surface area (Å²) in [5.74, 6) is 2.40. The SMILES string of the molecule is CC(C)CN(CC(C)C)CC1CCC(N)C1. The molecule has 2 heteroatoms. The van der Waals surface area contributed by atoms with Gasteiger partial charge in [0, 0.05) is 25.7 Å². The summed E-state index contributed by atoms with van der Waals surface area (Å²) in [5, 5.41) is 0. The molecular formula is C14H30N2. The minimum Gasteiger partial charge on any atom is -0.328 e. The second-order valence-electron chi connectivity index (χ2n) is 6.45. The van der Waals surface area contributed by atoms with Crippen LogP contribution in [0.25, 0.3) is 0 Å². The Hall–Kier alpha value is -0.0800. The molecule has 0 aromatic carbocycles. The van der Waals surface area contributed by atoms with Crippen molar-refractivity contribution in [2.24, 2.45) is 23.5 Å². The molecular weight excluding hydrogens is 196 g/mol. The van der Waals surface area contributed by atoms with E-state index in [1.807, 2.05) is 0 Å². The second-order valence-corrected chi connectivity index (χ2v) is 6.45. The van der Waals surface area contributed by atoms with Crippen LogP contribution in [0, 0.1) is 17.8 Å². The Kier molecular flexibility index (Phi) is 5.77. The highest BCUT2D eigenvalue weighted by Gasteiger charge is 2.24. The first kappa shape index (κ1) is 14.0. The van der Waals surface area contributed by atoms with Gasteiger partial charge in [-0.05, 0) is 37.0 Å². The molecule has 1 saturated carbocycles. The van der Waals surface area contributed by atoms with E-state index in [2.05, 4.69) is 32.6 Å². The first-order chi connectivity index (χ1) is 7.47. The Morgan fingerprint density at radius 1 is 1.06 bits per heavy atom. The van der Waals surface area contributed by atoms with Gasteiger partial charge in [-0.1, -0.05) is 27.7 Å². The number of nitrogens with two attached hydrogens (primary N) is 1. The molecule has 0 aliphatic heterocycles. The molecule has 0 radical (unpaired) electrons. The lowest BCUT2D eigenvalue weighted by atomic mass is 10.0. The first-order valence-corrected chi connectivity index (χ1v) is 6.95. The van der Waals surface area contributed by atoms with E-state index in [0.29, 0.717) is 6.04 Å². The third kappa shape index (κ3) is 5.31. The van der Waals surface area contributed by atoms with Crippen LogP contribution in [0.2, 0.25) is 0 Å². The van der Waals surface area contributed by atoms with E-state index in [-0.39, 0.29) is 0 Å². The molecule has 2 atom stereocenters. The molecule has 0 saturated heterocycles. The van der Waals surface area contributed by atoms with Gasteiger partial charge in [0.25, 0.3) is 0 Å². The van der Waals surface area contributed by atoms with Gasteiger partial charge in [-0.25, -0.2) is 0 Å². The van der Waals surface area contributed by atoms with Gasteiger partial charge in [0.1, 0.15) is 0 Å². The Bertz CT molecular complexity index is 179. The van der Waals surface area contributed by atoms with E-state index in [1.54, 1.807) is 0 Å². The maximum absolute atomic E-state index is 5.98. The van der Waals surface area contributed by atoms with Crippen molar-refractivity contribution >= 4 is 0 Å². The smallest absolute Gasteiger partial charge is 0.00420 e. The predicted molar refractivity (Wildman–Crippen MR) is 71.4 cm³/mol. The average molecular weight is 226 g/mol. The molecule has 96 valence electrons. The largest absolute Gasteiger partial charge is 0.328 e. The maximum atomic E-state index is 5.98. The third-order valence-electron chi connectivity index (χ3n) is 3.34.